The molecule has 0 radical (unpaired) electrons. The smallest absolute Gasteiger partial charge is 0.191 e. The normalized spacial score (nSPS) is 27.3. The van der Waals surface area contributed by atoms with Crippen LogP contribution in [0, 0.1) is 11.3 Å². The molecule has 3 N–H and O–H groups in total. The highest BCUT2D eigenvalue weighted by molar-refractivity contribution is 14.0. The second kappa shape index (κ2) is 12.7. The van der Waals surface area contributed by atoms with Crippen LogP contribution < -0.4 is 10.6 Å². The monoisotopic (exact) mass is 517 g/mol. The number of nitrogens with zero attached hydrogens (tertiary/aromatic N) is 1. The molecule has 2 fully saturated rings. The van der Waals surface area contributed by atoms with Crippen LogP contribution >= 0.6 is 24.0 Å². The summed E-state index contributed by atoms with van der Waals surface area (Å²) >= 11 is 0. The molecule has 0 aliphatic carbocycles. The van der Waals surface area contributed by atoms with E-state index in [-0.39, 0.29) is 42.1 Å². The van der Waals surface area contributed by atoms with Crippen molar-refractivity contribution in [2.45, 2.75) is 38.7 Å². The van der Waals surface area contributed by atoms with E-state index in [0.29, 0.717) is 19.1 Å². The van der Waals surface area contributed by atoms with Crippen LogP contribution in [0.1, 0.15) is 44.3 Å². The summed E-state index contributed by atoms with van der Waals surface area (Å²) in [6.45, 7) is 6.85. The van der Waals surface area contributed by atoms with Gasteiger partial charge < -0.3 is 25.2 Å². The third-order valence-corrected chi connectivity index (χ3v) is 5.85. The number of nitrogens with one attached hydrogen (secondary N) is 2. The summed E-state index contributed by atoms with van der Waals surface area (Å²) in [5.41, 5.74) is 1.22. The third-order valence-electron chi connectivity index (χ3n) is 5.85. The fourth-order valence-electron chi connectivity index (χ4n) is 4.17. The maximum Gasteiger partial charge on any atom is 0.191 e. The molecule has 3 rings (SSSR count). The molecule has 0 amide bonds. The zero-order valence-corrected chi connectivity index (χ0v) is 19.8. The zero-order valence-electron chi connectivity index (χ0n) is 17.4. The Hall–Kier alpha value is -0.900. The summed E-state index contributed by atoms with van der Waals surface area (Å²) in [5.74, 6) is 1.25. The molecule has 1 aromatic rings. The summed E-state index contributed by atoms with van der Waals surface area (Å²) < 4.78 is 11.7. The lowest BCUT2D eigenvalue weighted by Gasteiger charge is -2.33. The molecule has 2 heterocycles. The number of guanidine groups is 1. The molecule has 6 nitrogen and oxygen atoms in total. The third kappa shape index (κ3) is 7.08. The van der Waals surface area contributed by atoms with E-state index in [1.54, 1.807) is 0 Å². The topological polar surface area (TPSA) is 75.1 Å². The van der Waals surface area contributed by atoms with E-state index in [4.69, 9.17) is 14.5 Å². The number of rotatable bonds is 8. The first-order valence-electron chi connectivity index (χ1n) is 10.6. The van der Waals surface area contributed by atoms with Crippen LogP contribution in [0.2, 0.25) is 0 Å². The fraction of sp³-hybridized carbons (Fsp3) is 0.682. The van der Waals surface area contributed by atoms with Gasteiger partial charge in [0, 0.05) is 44.2 Å². The van der Waals surface area contributed by atoms with Gasteiger partial charge in [0.05, 0.1) is 19.3 Å². The summed E-state index contributed by atoms with van der Waals surface area (Å²) in [6.07, 6.45) is 4.08. The van der Waals surface area contributed by atoms with Crippen molar-refractivity contribution in [2.75, 3.05) is 46.1 Å². The first-order chi connectivity index (χ1) is 13.8. The molecule has 3 atom stereocenters. The van der Waals surface area contributed by atoms with Crippen LogP contribution in [0.4, 0.5) is 0 Å². The van der Waals surface area contributed by atoms with E-state index in [2.05, 4.69) is 41.8 Å². The van der Waals surface area contributed by atoms with Crippen LogP contribution in [0.25, 0.3) is 0 Å². The van der Waals surface area contributed by atoms with Crippen molar-refractivity contribution in [3.63, 3.8) is 0 Å². The standard InChI is InChI=1S/C22H35N3O3.HI/c1-2-23-21(25-16-22(10-12-26)11-14-27-17-22)24-15-19-9-6-13-28-20(19)18-7-4-3-5-8-18;/h3-5,7-8,19-20,26H,2,6,9-17H2,1H3,(H2,23,24,25);1H. The van der Waals surface area contributed by atoms with Crippen LogP contribution in [-0.2, 0) is 9.47 Å². The maximum atomic E-state index is 9.42. The lowest BCUT2D eigenvalue weighted by atomic mass is 9.84. The fourth-order valence-corrected chi connectivity index (χ4v) is 4.17. The van der Waals surface area contributed by atoms with Crippen LogP contribution in [-0.4, -0.2) is 57.1 Å². The summed E-state index contributed by atoms with van der Waals surface area (Å²) in [5, 5.41) is 16.3. The molecule has 2 saturated heterocycles. The van der Waals surface area contributed by atoms with Crippen molar-refractivity contribution in [1.82, 2.24) is 10.6 Å². The number of aliphatic hydroxyl groups is 1. The van der Waals surface area contributed by atoms with Gasteiger partial charge in [-0.25, -0.2) is 0 Å². The highest BCUT2D eigenvalue weighted by Crippen LogP contribution is 2.34. The predicted octanol–water partition coefficient (Wildman–Crippen LogP) is 3.12. The molecular weight excluding hydrogens is 481 g/mol. The van der Waals surface area contributed by atoms with Crippen LogP contribution in [0.5, 0.6) is 0 Å². The summed E-state index contributed by atoms with van der Waals surface area (Å²) in [7, 11) is 0. The Morgan fingerprint density at radius 1 is 1.24 bits per heavy atom. The van der Waals surface area contributed by atoms with Gasteiger partial charge in [0.15, 0.2) is 5.96 Å². The Kier molecular flexibility index (Phi) is 10.7. The van der Waals surface area contributed by atoms with Gasteiger partial charge in [0.25, 0.3) is 0 Å². The minimum atomic E-state index is -0.0301. The average molecular weight is 517 g/mol. The Morgan fingerprint density at radius 3 is 2.76 bits per heavy atom. The van der Waals surface area contributed by atoms with Gasteiger partial charge in [-0.1, -0.05) is 30.3 Å². The zero-order chi connectivity index (χ0) is 19.7. The second-order valence-electron chi connectivity index (χ2n) is 7.96. The van der Waals surface area contributed by atoms with Gasteiger partial charge in [-0.05, 0) is 38.2 Å². The van der Waals surface area contributed by atoms with E-state index in [1.807, 2.05) is 6.07 Å². The molecule has 164 valence electrons. The van der Waals surface area contributed by atoms with E-state index in [1.165, 1.54) is 5.56 Å². The number of aliphatic imine (C=N–C) groups is 1. The van der Waals surface area contributed by atoms with E-state index in [9.17, 15) is 5.11 Å². The van der Waals surface area contributed by atoms with Crippen molar-refractivity contribution in [3.05, 3.63) is 35.9 Å². The Labute approximate surface area is 191 Å². The van der Waals surface area contributed by atoms with Crippen molar-refractivity contribution < 1.29 is 14.6 Å². The summed E-state index contributed by atoms with van der Waals surface area (Å²) in [4.78, 5) is 4.83. The van der Waals surface area contributed by atoms with Crippen molar-refractivity contribution in [2.24, 2.45) is 16.3 Å². The van der Waals surface area contributed by atoms with Gasteiger partial charge in [-0.2, -0.15) is 0 Å². The predicted molar refractivity (Wildman–Crippen MR) is 127 cm³/mol. The molecule has 29 heavy (non-hydrogen) atoms. The van der Waals surface area contributed by atoms with Gasteiger partial charge in [0.2, 0.25) is 0 Å². The molecule has 1 aromatic carbocycles. The number of benzene rings is 1. The molecular formula is C22H36IN3O3. The number of aliphatic hydroxyl groups excluding tert-OH is 1. The molecule has 0 aromatic heterocycles. The van der Waals surface area contributed by atoms with E-state index in [0.717, 1.165) is 57.9 Å². The Bertz CT molecular complexity index is 609. The van der Waals surface area contributed by atoms with Gasteiger partial charge in [-0.3, -0.25) is 4.99 Å². The second-order valence-corrected chi connectivity index (χ2v) is 7.96. The van der Waals surface area contributed by atoms with Crippen molar-refractivity contribution in [3.8, 4) is 0 Å². The summed E-state index contributed by atoms with van der Waals surface area (Å²) in [6, 6.07) is 10.5. The average Bonchev–Trinajstić information content (AvgIpc) is 3.20. The van der Waals surface area contributed by atoms with Crippen molar-refractivity contribution >= 4 is 29.9 Å². The quantitative estimate of drug-likeness (QED) is 0.281. The molecule has 0 saturated carbocycles. The van der Waals surface area contributed by atoms with Crippen molar-refractivity contribution in [1.29, 1.82) is 0 Å². The number of hydrogen-bond donors (Lipinski definition) is 3. The molecule has 2 aliphatic rings. The lowest BCUT2D eigenvalue weighted by Crippen LogP contribution is -2.42. The molecule has 0 spiro atoms. The minimum absolute atomic E-state index is 0. The first kappa shape index (κ1) is 24.4. The first-order valence-corrected chi connectivity index (χ1v) is 10.6. The van der Waals surface area contributed by atoms with Crippen LogP contribution in [0.3, 0.4) is 0 Å². The van der Waals surface area contributed by atoms with Gasteiger partial charge >= 0.3 is 0 Å². The van der Waals surface area contributed by atoms with Gasteiger partial charge in [0.1, 0.15) is 0 Å². The number of hydrogen-bond acceptors (Lipinski definition) is 4. The number of halogens is 1. The van der Waals surface area contributed by atoms with E-state index < -0.39 is 0 Å². The Morgan fingerprint density at radius 2 is 2.07 bits per heavy atom. The SMILES string of the molecule is CCNC(=NCC1(CCO)CCOC1)NCC1CCCOC1c1ccccc1.I. The highest BCUT2D eigenvalue weighted by atomic mass is 127. The van der Waals surface area contributed by atoms with Gasteiger partial charge in [-0.15, -0.1) is 24.0 Å². The molecule has 2 aliphatic heterocycles. The molecule has 7 heteroatoms. The van der Waals surface area contributed by atoms with Crippen LogP contribution in [0.15, 0.2) is 35.3 Å². The molecule has 3 unspecified atom stereocenters. The van der Waals surface area contributed by atoms with E-state index >= 15 is 0 Å². The highest BCUT2D eigenvalue weighted by Gasteiger charge is 2.34. The number of ether oxygens (including phenoxy) is 2. The molecule has 0 bridgehead atoms. The minimum Gasteiger partial charge on any atom is -0.396 e. The largest absolute Gasteiger partial charge is 0.396 e. The maximum absolute atomic E-state index is 9.42. The lowest BCUT2D eigenvalue weighted by molar-refractivity contribution is -0.0265. The Balaban J connectivity index is 0.00000300.